The molecule has 0 aliphatic heterocycles. The van der Waals surface area contributed by atoms with Crippen LogP contribution in [0, 0.1) is 5.92 Å². The molecule has 16 heavy (non-hydrogen) atoms. The Balaban J connectivity index is 2.52. The van der Waals surface area contributed by atoms with Crippen LogP contribution in [0.4, 0.5) is 0 Å². The van der Waals surface area contributed by atoms with Crippen LogP contribution in [-0.4, -0.2) is 29.6 Å². The second-order valence-electron chi connectivity index (χ2n) is 5.51. The molecule has 2 nitrogen and oxygen atoms in total. The fourth-order valence-electron chi connectivity index (χ4n) is 2.80. The number of nitrogens with zero attached hydrogens (tertiary/aromatic N) is 1. The summed E-state index contributed by atoms with van der Waals surface area (Å²) in [5.74, 6) is 1.00. The maximum Gasteiger partial charge on any atom is 0.0329 e. The average Bonchev–Trinajstić information content (AvgIpc) is 3.10. The lowest BCUT2D eigenvalue weighted by atomic mass is 9.84. The van der Waals surface area contributed by atoms with Crippen molar-refractivity contribution in [3.05, 3.63) is 0 Å². The molecule has 2 atom stereocenters. The highest BCUT2D eigenvalue weighted by Gasteiger charge is 2.35. The topological polar surface area (TPSA) is 29.3 Å². The van der Waals surface area contributed by atoms with E-state index in [2.05, 4.69) is 32.6 Å². The lowest BCUT2D eigenvalue weighted by Gasteiger charge is -2.44. The Labute approximate surface area is 102 Å². The Bertz CT molecular complexity index is 197. The average molecular weight is 226 g/mol. The molecule has 96 valence electrons. The Morgan fingerprint density at radius 3 is 2.19 bits per heavy atom. The van der Waals surface area contributed by atoms with E-state index in [0.717, 1.165) is 25.4 Å². The van der Waals surface area contributed by atoms with E-state index < -0.39 is 0 Å². The Kier molecular flexibility index (Phi) is 5.26. The molecule has 1 saturated carbocycles. The van der Waals surface area contributed by atoms with Crippen LogP contribution < -0.4 is 5.73 Å². The predicted molar refractivity (Wildman–Crippen MR) is 71.6 cm³/mol. The largest absolute Gasteiger partial charge is 0.326 e. The van der Waals surface area contributed by atoms with Crippen LogP contribution in [0.15, 0.2) is 0 Å². The summed E-state index contributed by atoms with van der Waals surface area (Å²) in [6.07, 6.45) is 6.59. The molecule has 0 radical (unpaired) electrons. The zero-order valence-electron chi connectivity index (χ0n) is 11.6. The van der Waals surface area contributed by atoms with Crippen LogP contribution in [0.3, 0.4) is 0 Å². The first-order valence-corrected chi connectivity index (χ1v) is 7.09. The Morgan fingerprint density at radius 1 is 1.25 bits per heavy atom. The molecular weight excluding hydrogens is 196 g/mol. The highest BCUT2D eigenvalue weighted by molar-refractivity contribution is 4.94. The van der Waals surface area contributed by atoms with E-state index in [0.29, 0.717) is 6.04 Å². The molecule has 1 aliphatic rings. The molecule has 0 aromatic carbocycles. The van der Waals surface area contributed by atoms with Crippen LogP contribution in [0.5, 0.6) is 0 Å². The van der Waals surface area contributed by atoms with Gasteiger partial charge in [0.15, 0.2) is 0 Å². The van der Waals surface area contributed by atoms with E-state index in [9.17, 15) is 0 Å². The van der Waals surface area contributed by atoms with Crippen LogP contribution >= 0.6 is 0 Å². The number of hydrogen-bond donors (Lipinski definition) is 1. The number of hydrogen-bond acceptors (Lipinski definition) is 2. The first kappa shape index (κ1) is 14.0. The zero-order valence-corrected chi connectivity index (χ0v) is 11.6. The summed E-state index contributed by atoms with van der Waals surface area (Å²) in [5.41, 5.74) is 6.64. The molecule has 0 spiro atoms. The predicted octanol–water partition coefficient (Wildman–Crippen LogP) is 3.01. The van der Waals surface area contributed by atoms with Gasteiger partial charge in [-0.2, -0.15) is 0 Å². The minimum absolute atomic E-state index is 0.193. The molecule has 2 N–H and O–H groups in total. The zero-order chi connectivity index (χ0) is 12.2. The Hall–Kier alpha value is -0.0800. The van der Waals surface area contributed by atoms with Crippen LogP contribution in [0.1, 0.15) is 59.8 Å². The molecule has 0 bridgehead atoms. The van der Waals surface area contributed by atoms with Crippen LogP contribution in [-0.2, 0) is 0 Å². The Morgan fingerprint density at radius 2 is 1.81 bits per heavy atom. The molecule has 0 aromatic rings. The minimum atomic E-state index is 0.193. The smallest absolute Gasteiger partial charge is 0.0329 e. The highest BCUT2D eigenvalue weighted by atomic mass is 15.2. The van der Waals surface area contributed by atoms with E-state index in [1.165, 1.54) is 25.7 Å². The van der Waals surface area contributed by atoms with E-state index in [-0.39, 0.29) is 5.54 Å². The van der Waals surface area contributed by atoms with E-state index in [1.54, 1.807) is 0 Å². The maximum absolute atomic E-state index is 6.45. The van der Waals surface area contributed by atoms with Crippen molar-refractivity contribution in [1.82, 2.24) is 4.90 Å². The summed E-state index contributed by atoms with van der Waals surface area (Å²) in [7, 11) is 0. The fraction of sp³-hybridized carbons (Fsp3) is 1.00. The van der Waals surface area contributed by atoms with Crippen molar-refractivity contribution in [2.24, 2.45) is 11.7 Å². The first-order chi connectivity index (χ1) is 7.58. The SMILES string of the molecule is CCN(CC)C(C)(CC)C(N)CCC1CC1. The fourth-order valence-corrected chi connectivity index (χ4v) is 2.80. The standard InChI is InChI=1S/C14H30N2/c1-5-14(4,16(6-2)7-3)13(15)11-10-12-8-9-12/h12-13H,5-11,15H2,1-4H3. The van der Waals surface area contributed by atoms with Crippen molar-refractivity contribution < 1.29 is 0 Å². The van der Waals surface area contributed by atoms with Gasteiger partial charge in [0.1, 0.15) is 0 Å². The third kappa shape index (κ3) is 3.21. The van der Waals surface area contributed by atoms with Gasteiger partial charge >= 0.3 is 0 Å². The van der Waals surface area contributed by atoms with Crippen molar-refractivity contribution in [2.45, 2.75) is 71.4 Å². The summed E-state index contributed by atoms with van der Waals surface area (Å²) < 4.78 is 0. The van der Waals surface area contributed by atoms with Gasteiger partial charge in [-0.3, -0.25) is 4.90 Å². The first-order valence-electron chi connectivity index (χ1n) is 7.09. The van der Waals surface area contributed by atoms with E-state index in [1.807, 2.05) is 0 Å². The van der Waals surface area contributed by atoms with Crippen LogP contribution in [0.25, 0.3) is 0 Å². The normalized spacial score (nSPS) is 22.1. The van der Waals surface area contributed by atoms with Crippen molar-refractivity contribution in [1.29, 1.82) is 0 Å². The van der Waals surface area contributed by atoms with Gasteiger partial charge in [0.05, 0.1) is 0 Å². The molecule has 0 saturated heterocycles. The van der Waals surface area contributed by atoms with Gasteiger partial charge in [-0.1, -0.05) is 33.6 Å². The molecule has 2 unspecified atom stereocenters. The van der Waals surface area contributed by atoms with Gasteiger partial charge in [0.25, 0.3) is 0 Å². The van der Waals surface area contributed by atoms with Gasteiger partial charge in [-0.05, 0) is 45.2 Å². The summed E-state index contributed by atoms with van der Waals surface area (Å²) >= 11 is 0. The molecule has 2 heteroatoms. The monoisotopic (exact) mass is 226 g/mol. The summed E-state index contributed by atoms with van der Waals surface area (Å²) in [5, 5.41) is 0. The lowest BCUT2D eigenvalue weighted by molar-refractivity contribution is 0.0801. The van der Waals surface area contributed by atoms with Gasteiger partial charge < -0.3 is 5.73 Å². The summed E-state index contributed by atoms with van der Waals surface area (Å²) in [6, 6.07) is 0.331. The maximum atomic E-state index is 6.45. The van der Waals surface area contributed by atoms with E-state index in [4.69, 9.17) is 5.73 Å². The number of likely N-dealkylation sites (N-methyl/N-ethyl adjacent to an activating group) is 1. The molecule has 1 fully saturated rings. The van der Waals surface area contributed by atoms with Crippen molar-refractivity contribution in [3.8, 4) is 0 Å². The molecule has 0 aromatic heterocycles. The number of nitrogens with two attached hydrogens (primary N) is 1. The second-order valence-corrected chi connectivity index (χ2v) is 5.51. The number of rotatable bonds is 8. The van der Waals surface area contributed by atoms with Crippen LogP contribution in [0.2, 0.25) is 0 Å². The third-order valence-corrected chi connectivity index (χ3v) is 4.58. The van der Waals surface area contributed by atoms with Gasteiger partial charge in [0.2, 0.25) is 0 Å². The van der Waals surface area contributed by atoms with Gasteiger partial charge in [-0.15, -0.1) is 0 Å². The third-order valence-electron chi connectivity index (χ3n) is 4.58. The molecule has 1 aliphatic carbocycles. The van der Waals surface area contributed by atoms with E-state index >= 15 is 0 Å². The van der Waals surface area contributed by atoms with Crippen molar-refractivity contribution in [2.75, 3.05) is 13.1 Å². The van der Waals surface area contributed by atoms with Crippen molar-refractivity contribution >= 4 is 0 Å². The molecular formula is C14H30N2. The lowest BCUT2D eigenvalue weighted by Crippen LogP contribution is -2.57. The molecule has 1 rings (SSSR count). The second kappa shape index (κ2) is 6.02. The molecule has 0 heterocycles. The summed E-state index contributed by atoms with van der Waals surface area (Å²) in [4.78, 5) is 2.53. The summed E-state index contributed by atoms with van der Waals surface area (Å²) in [6.45, 7) is 11.3. The minimum Gasteiger partial charge on any atom is -0.326 e. The van der Waals surface area contributed by atoms with Crippen molar-refractivity contribution in [3.63, 3.8) is 0 Å². The molecule has 0 amide bonds. The van der Waals surface area contributed by atoms with Gasteiger partial charge in [0, 0.05) is 11.6 Å². The highest BCUT2D eigenvalue weighted by Crippen LogP contribution is 2.35. The quantitative estimate of drug-likeness (QED) is 0.689. The van der Waals surface area contributed by atoms with Gasteiger partial charge in [-0.25, -0.2) is 0 Å².